The normalized spacial score (nSPS) is 11.4. The Kier molecular flexibility index (Phi) is 8.39. The number of hydrogen-bond acceptors (Lipinski definition) is 10. The summed E-state index contributed by atoms with van der Waals surface area (Å²) in [6.07, 6.45) is 4.53. The lowest BCUT2D eigenvalue weighted by molar-refractivity contribution is 0.192. The first-order valence-electron chi connectivity index (χ1n) is 11.2. The SMILES string of the molecule is COc1ccccc1Oc1c(CS(=O)(=O)C=Cc2ccccc2)nc(-c2ncccn2)nc1OCCO. The average Bonchev–Trinajstić information content (AvgIpc) is 2.93. The zero-order valence-corrected chi connectivity index (χ0v) is 20.7. The summed E-state index contributed by atoms with van der Waals surface area (Å²) in [5, 5.41) is 10.5. The maximum Gasteiger partial charge on any atom is 0.261 e. The summed E-state index contributed by atoms with van der Waals surface area (Å²) in [6.45, 7) is -0.419. The number of ether oxygens (including phenoxy) is 3. The highest BCUT2D eigenvalue weighted by atomic mass is 32.2. The van der Waals surface area contributed by atoms with Crippen LogP contribution in [0, 0.1) is 0 Å². The molecule has 0 aliphatic carbocycles. The zero-order chi connectivity index (χ0) is 26.1. The van der Waals surface area contributed by atoms with Crippen LogP contribution in [0.5, 0.6) is 23.1 Å². The third kappa shape index (κ3) is 6.87. The summed E-state index contributed by atoms with van der Waals surface area (Å²) in [5.41, 5.74) is 0.749. The second-order valence-electron chi connectivity index (χ2n) is 7.55. The Hall–Kier alpha value is -4.35. The van der Waals surface area contributed by atoms with Gasteiger partial charge in [-0.05, 0) is 29.8 Å². The molecule has 0 fully saturated rings. The van der Waals surface area contributed by atoms with Crippen LogP contribution < -0.4 is 14.2 Å². The van der Waals surface area contributed by atoms with Gasteiger partial charge in [0, 0.05) is 17.8 Å². The Bertz CT molecular complexity index is 1470. The Morgan fingerprint density at radius 1 is 0.892 bits per heavy atom. The molecule has 2 aromatic carbocycles. The van der Waals surface area contributed by atoms with Crippen LogP contribution in [0.4, 0.5) is 0 Å². The number of aromatic nitrogens is 4. The third-order valence-corrected chi connectivity index (χ3v) is 6.11. The molecule has 0 bridgehead atoms. The van der Waals surface area contributed by atoms with Crippen molar-refractivity contribution in [1.29, 1.82) is 0 Å². The van der Waals surface area contributed by atoms with Crippen LogP contribution in [-0.2, 0) is 15.6 Å². The number of nitrogens with zero attached hydrogens (tertiary/aromatic N) is 4. The Morgan fingerprint density at radius 3 is 2.30 bits per heavy atom. The largest absolute Gasteiger partial charge is 0.493 e. The minimum absolute atomic E-state index is 0.0222. The van der Waals surface area contributed by atoms with Crippen LogP contribution in [0.3, 0.4) is 0 Å². The molecule has 0 aliphatic rings. The van der Waals surface area contributed by atoms with Crippen molar-refractivity contribution in [3.63, 3.8) is 0 Å². The van der Waals surface area contributed by atoms with Gasteiger partial charge in [0.15, 0.2) is 27.2 Å². The first kappa shape index (κ1) is 25.7. The van der Waals surface area contributed by atoms with Gasteiger partial charge in [-0.3, -0.25) is 0 Å². The molecule has 0 amide bonds. The fourth-order valence-corrected chi connectivity index (χ4v) is 4.26. The minimum Gasteiger partial charge on any atom is -0.493 e. The van der Waals surface area contributed by atoms with Gasteiger partial charge in [0.25, 0.3) is 5.88 Å². The molecular weight excluding hydrogens is 496 g/mol. The maximum atomic E-state index is 13.1. The van der Waals surface area contributed by atoms with E-state index >= 15 is 0 Å². The average molecular weight is 521 g/mol. The third-order valence-electron chi connectivity index (χ3n) is 4.89. The quantitative estimate of drug-likeness (QED) is 0.312. The maximum absolute atomic E-state index is 13.1. The first-order valence-corrected chi connectivity index (χ1v) is 12.9. The van der Waals surface area contributed by atoms with Crippen LogP contribution >= 0.6 is 0 Å². The van der Waals surface area contributed by atoms with Crippen molar-refractivity contribution in [1.82, 2.24) is 19.9 Å². The molecule has 2 aromatic heterocycles. The molecule has 0 aliphatic heterocycles. The highest BCUT2D eigenvalue weighted by molar-refractivity contribution is 7.93. The minimum atomic E-state index is -3.83. The molecule has 0 unspecified atom stereocenters. The molecule has 37 heavy (non-hydrogen) atoms. The molecule has 0 spiro atoms. The van der Waals surface area contributed by atoms with Gasteiger partial charge in [-0.15, -0.1) is 0 Å². The topological polar surface area (TPSA) is 134 Å². The van der Waals surface area contributed by atoms with Gasteiger partial charge in [0.05, 0.1) is 13.7 Å². The predicted octanol–water partition coefficient (Wildman–Crippen LogP) is 3.69. The Morgan fingerprint density at radius 2 is 1.59 bits per heavy atom. The lowest BCUT2D eigenvalue weighted by Crippen LogP contribution is -2.11. The molecule has 0 radical (unpaired) electrons. The number of para-hydroxylation sites is 2. The highest BCUT2D eigenvalue weighted by Gasteiger charge is 2.24. The van der Waals surface area contributed by atoms with Crippen molar-refractivity contribution in [2.75, 3.05) is 20.3 Å². The van der Waals surface area contributed by atoms with E-state index in [1.54, 1.807) is 42.5 Å². The molecular formula is C26H24N4O6S. The summed E-state index contributed by atoms with van der Waals surface area (Å²) < 4.78 is 43.3. The van der Waals surface area contributed by atoms with E-state index in [0.717, 1.165) is 11.0 Å². The zero-order valence-electron chi connectivity index (χ0n) is 19.9. The van der Waals surface area contributed by atoms with E-state index in [9.17, 15) is 13.5 Å². The number of methoxy groups -OCH3 is 1. The van der Waals surface area contributed by atoms with Crippen LogP contribution in [0.2, 0.25) is 0 Å². The molecule has 0 atom stereocenters. The van der Waals surface area contributed by atoms with Gasteiger partial charge in [-0.25, -0.2) is 23.4 Å². The van der Waals surface area contributed by atoms with Crippen molar-refractivity contribution in [2.45, 2.75) is 5.75 Å². The van der Waals surface area contributed by atoms with Gasteiger partial charge in [-0.1, -0.05) is 42.5 Å². The van der Waals surface area contributed by atoms with E-state index in [4.69, 9.17) is 14.2 Å². The van der Waals surface area contributed by atoms with Crippen LogP contribution in [0.1, 0.15) is 11.3 Å². The van der Waals surface area contributed by atoms with Crippen molar-refractivity contribution >= 4 is 15.9 Å². The number of rotatable bonds is 11. The Balaban J connectivity index is 1.82. The van der Waals surface area contributed by atoms with Gasteiger partial charge < -0.3 is 19.3 Å². The molecule has 2 heterocycles. The van der Waals surface area contributed by atoms with Gasteiger partial charge in [0.1, 0.15) is 18.1 Å². The number of hydrogen-bond donors (Lipinski definition) is 1. The predicted molar refractivity (Wildman–Crippen MR) is 137 cm³/mol. The number of sulfone groups is 1. The summed E-state index contributed by atoms with van der Waals surface area (Å²) in [6, 6.07) is 17.5. The van der Waals surface area contributed by atoms with Crippen molar-refractivity contribution in [3.05, 3.63) is 89.7 Å². The molecule has 0 saturated heterocycles. The van der Waals surface area contributed by atoms with E-state index in [1.807, 2.05) is 18.2 Å². The van der Waals surface area contributed by atoms with Crippen LogP contribution in [-0.4, -0.2) is 53.8 Å². The molecule has 10 nitrogen and oxygen atoms in total. The molecule has 4 rings (SSSR count). The van der Waals surface area contributed by atoms with E-state index < -0.39 is 15.6 Å². The molecule has 11 heteroatoms. The van der Waals surface area contributed by atoms with E-state index in [0.29, 0.717) is 11.5 Å². The van der Waals surface area contributed by atoms with E-state index in [2.05, 4.69) is 19.9 Å². The summed E-state index contributed by atoms with van der Waals surface area (Å²) in [4.78, 5) is 17.1. The monoisotopic (exact) mass is 520 g/mol. The molecule has 0 saturated carbocycles. The first-order chi connectivity index (χ1) is 18.0. The number of benzene rings is 2. The highest BCUT2D eigenvalue weighted by Crippen LogP contribution is 2.39. The second kappa shape index (κ2) is 12.1. The van der Waals surface area contributed by atoms with E-state index in [1.165, 1.54) is 25.6 Å². The fourth-order valence-electron chi connectivity index (χ4n) is 3.23. The number of aliphatic hydroxyl groups excluding tert-OH is 1. The van der Waals surface area contributed by atoms with E-state index in [-0.39, 0.29) is 42.2 Å². The Labute approximate surface area is 214 Å². The molecule has 1 N–H and O–H groups in total. The molecule has 4 aromatic rings. The van der Waals surface area contributed by atoms with Crippen molar-refractivity contribution in [2.24, 2.45) is 0 Å². The van der Waals surface area contributed by atoms with Gasteiger partial charge in [0.2, 0.25) is 11.6 Å². The standard InChI is InChI=1S/C26H24N4O6S/c1-34-21-10-5-6-11-22(21)36-23-20(18-37(32,33)17-12-19-8-3-2-4-9-19)29-25(24-27-13-7-14-28-24)30-26(23)35-16-15-31/h2-14,17,31H,15-16,18H2,1H3. The lowest BCUT2D eigenvalue weighted by Gasteiger charge is -2.17. The fraction of sp³-hybridized carbons (Fsp3) is 0.154. The van der Waals surface area contributed by atoms with Crippen molar-refractivity contribution in [3.8, 4) is 34.8 Å². The van der Waals surface area contributed by atoms with Gasteiger partial charge >= 0.3 is 0 Å². The van der Waals surface area contributed by atoms with Gasteiger partial charge in [-0.2, -0.15) is 4.98 Å². The summed E-state index contributed by atoms with van der Waals surface area (Å²) in [7, 11) is -2.34. The second-order valence-corrected chi connectivity index (χ2v) is 9.43. The van der Waals surface area contributed by atoms with Crippen LogP contribution in [0.25, 0.3) is 17.7 Å². The van der Waals surface area contributed by atoms with Crippen molar-refractivity contribution < 1.29 is 27.7 Å². The van der Waals surface area contributed by atoms with Crippen LogP contribution in [0.15, 0.2) is 78.5 Å². The smallest absolute Gasteiger partial charge is 0.261 e. The summed E-state index contributed by atoms with van der Waals surface area (Å²) >= 11 is 0. The number of aliphatic hydroxyl groups is 1. The molecule has 190 valence electrons. The lowest BCUT2D eigenvalue weighted by atomic mass is 10.2. The summed E-state index contributed by atoms with van der Waals surface area (Å²) in [5.74, 6) is 0.271.